The molecule has 0 amide bonds. The molecule has 0 spiro atoms. The Labute approximate surface area is 111 Å². The predicted octanol–water partition coefficient (Wildman–Crippen LogP) is 0.766. The molecule has 4 nitrogen and oxygen atoms in total. The number of carbonyl (C=O) groups excluding carboxylic acids is 1. The summed E-state index contributed by atoms with van der Waals surface area (Å²) >= 11 is 6.27. The molecule has 1 aliphatic rings. The maximum absolute atomic E-state index is 11.7. The monoisotopic (exact) mass is 266 g/mol. The Kier molecular flexibility index (Phi) is 3.57. The Bertz CT molecular complexity index is 610. The van der Waals surface area contributed by atoms with Crippen LogP contribution in [0.2, 0.25) is 5.02 Å². The summed E-state index contributed by atoms with van der Waals surface area (Å²) in [6, 6.07) is 0. The molecule has 1 aromatic rings. The molecule has 1 aliphatic heterocycles. The minimum absolute atomic E-state index is 0.323. The number of ether oxygens (including phenoxy) is 1. The average Bonchev–Trinajstić information content (AvgIpc) is 2.34. The number of nitrogens with zero attached hydrogens (tertiary/aromatic N) is 2. The van der Waals surface area contributed by atoms with E-state index < -0.39 is 5.97 Å². The Balaban J connectivity index is 2.64. The van der Waals surface area contributed by atoms with Crippen LogP contribution in [0.15, 0.2) is 6.20 Å². The molecular formula is C13H15ClN2O2. The molecule has 0 fully saturated rings. The molecular weight excluding hydrogens is 252 g/mol. The summed E-state index contributed by atoms with van der Waals surface area (Å²) in [6.45, 7) is 4.83. The number of esters is 1. The molecule has 2 heterocycles. The minimum Gasteiger partial charge on any atom is -0.462 e. The second kappa shape index (κ2) is 4.98. The van der Waals surface area contributed by atoms with Crippen molar-refractivity contribution in [1.29, 1.82) is 0 Å². The van der Waals surface area contributed by atoms with Crippen LogP contribution in [0.1, 0.15) is 24.2 Å². The molecule has 1 aromatic heterocycles. The zero-order chi connectivity index (χ0) is 13.3. The highest BCUT2D eigenvalue weighted by molar-refractivity contribution is 6.33. The maximum atomic E-state index is 11.7. The van der Waals surface area contributed by atoms with Gasteiger partial charge in [0, 0.05) is 30.7 Å². The molecule has 18 heavy (non-hydrogen) atoms. The third kappa shape index (κ3) is 2.08. The van der Waals surface area contributed by atoms with Crippen molar-refractivity contribution >= 4 is 29.3 Å². The summed E-state index contributed by atoms with van der Waals surface area (Å²) < 4.78 is 4.95. The fraction of sp³-hybridized carbons (Fsp3) is 0.385. The van der Waals surface area contributed by atoms with Crippen LogP contribution in [0, 0.1) is 0 Å². The average molecular weight is 267 g/mol. The summed E-state index contributed by atoms with van der Waals surface area (Å²) in [7, 11) is 1.99. The van der Waals surface area contributed by atoms with E-state index in [2.05, 4.69) is 9.88 Å². The highest BCUT2D eigenvalue weighted by Crippen LogP contribution is 2.11. The first kappa shape index (κ1) is 12.9. The normalized spacial score (nSPS) is 14.0. The molecule has 5 heteroatoms. The van der Waals surface area contributed by atoms with E-state index in [1.54, 1.807) is 6.92 Å². The molecule has 0 atom stereocenters. The van der Waals surface area contributed by atoms with Crippen LogP contribution in [0.3, 0.4) is 0 Å². The van der Waals surface area contributed by atoms with E-state index in [1.165, 1.54) is 6.20 Å². The number of carbonyl (C=O) groups is 1. The van der Waals surface area contributed by atoms with Gasteiger partial charge in [-0.3, -0.25) is 4.98 Å². The Morgan fingerprint density at radius 3 is 3.00 bits per heavy atom. The number of halogens is 1. The highest BCUT2D eigenvalue weighted by atomic mass is 35.5. The quantitative estimate of drug-likeness (QED) is 0.742. The summed E-state index contributed by atoms with van der Waals surface area (Å²) in [6.07, 6.45) is 3.45. The molecule has 96 valence electrons. The Hall–Kier alpha value is -1.55. The number of fused-ring (bicyclic) bond motifs is 1. The standard InChI is InChI=1S/C13H15ClN2O2/c1-4-18-13(17)10-7-15-12-8(2)16(3)6-5-9(12)11(10)14/h5,7H,4,6H2,1-3H3. The van der Waals surface area contributed by atoms with E-state index in [-0.39, 0.29) is 0 Å². The topological polar surface area (TPSA) is 42.4 Å². The van der Waals surface area contributed by atoms with Crippen LogP contribution in [0.4, 0.5) is 0 Å². The van der Waals surface area contributed by atoms with Crippen LogP contribution in [-0.4, -0.2) is 36.1 Å². The lowest BCUT2D eigenvalue weighted by atomic mass is 10.1. The van der Waals surface area contributed by atoms with Gasteiger partial charge >= 0.3 is 5.97 Å². The van der Waals surface area contributed by atoms with Crippen LogP contribution < -0.4 is 10.6 Å². The van der Waals surface area contributed by atoms with Crippen molar-refractivity contribution in [2.75, 3.05) is 20.2 Å². The molecule has 0 unspecified atom stereocenters. The number of pyridine rings is 1. The van der Waals surface area contributed by atoms with Crippen molar-refractivity contribution in [1.82, 2.24) is 9.88 Å². The van der Waals surface area contributed by atoms with Crippen LogP contribution in [0.25, 0.3) is 11.8 Å². The van der Waals surface area contributed by atoms with Crippen LogP contribution in [0.5, 0.6) is 0 Å². The molecule has 2 rings (SSSR count). The van der Waals surface area contributed by atoms with Crippen molar-refractivity contribution < 1.29 is 9.53 Å². The molecule has 0 saturated heterocycles. The third-order valence-corrected chi connectivity index (χ3v) is 3.44. The first-order valence-corrected chi connectivity index (χ1v) is 6.18. The van der Waals surface area contributed by atoms with E-state index in [0.717, 1.165) is 22.8 Å². The SMILES string of the molecule is CCOC(=O)c1cnc2c(c1Cl)=CCN(C)C=2C. The zero-order valence-corrected chi connectivity index (χ0v) is 11.4. The lowest BCUT2D eigenvalue weighted by Crippen LogP contribution is -2.41. The van der Waals surface area contributed by atoms with Gasteiger partial charge < -0.3 is 9.64 Å². The van der Waals surface area contributed by atoms with E-state index in [1.807, 2.05) is 20.0 Å². The lowest BCUT2D eigenvalue weighted by molar-refractivity contribution is 0.0526. The van der Waals surface area contributed by atoms with E-state index in [0.29, 0.717) is 17.2 Å². The fourth-order valence-corrected chi connectivity index (χ4v) is 2.17. The Morgan fingerprint density at radius 2 is 2.33 bits per heavy atom. The molecule has 0 radical (unpaired) electrons. The van der Waals surface area contributed by atoms with Crippen LogP contribution >= 0.6 is 11.6 Å². The van der Waals surface area contributed by atoms with Gasteiger partial charge in [-0.2, -0.15) is 0 Å². The van der Waals surface area contributed by atoms with Gasteiger partial charge in [0.1, 0.15) is 0 Å². The number of hydrogen-bond acceptors (Lipinski definition) is 4. The van der Waals surface area contributed by atoms with E-state index >= 15 is 0 Å². The molecule has 0 N–H and O–H groups in total. The van der Waals surface area contributed by atoms with Gasteiger partial charge in [0.25, 0.3) is 0 Å². The predicted molar refractivity (Wildman–Crippen MR) is 70.6 cm³/mol. The maximum Gasteiger partial charge on any atom is 0.341 e. The van der Waals surface area contributed by atoms with Crippen molar-refractivity contribution in [3.8, 4) is 0 Å². The second-order valence-corrected chi connectivity index (χ2v) is 4.52. The first-order valence-electron chi connectivity index (χ1n) is 5.80. The van der Waals surface area contributed by atoms with Gasteiger partial charge in [-0.25, -0.2) is 4.79 Å². The highest BCUT2D eigenvalue weighted by Gasteiger charge is 2.16. The van der Waals surface area contributed by atoms with Gasteiger partial charge in [0.05, 0.1) is 22.5 Å². The number of aromatic nitrogens is 1. The molecule has 0 aliphatic carbocycles. The van der Waals surface area contributed by atoms with Crippen molar-refractivity contribution in [3.05, 3.63) is 27.4 Å². The van der Waals surface area contributed by atoms with E-state index in [9.17, 15) is 4.79 Å². The third-order valence-electron chi connectivity index (χ3n) is 3.03. The first-order chi connectivity index (χ1) is 8.56. The van der Waals surface area contributed by atoms with Crippen molar-refractivity contribution in [3.63, 3.8) is 0 Å². The van der Waals surface area contributed by atoms with Gasteiger partial charge in [-0.1, -0.05) is 17.7 Å². The summed E-state index contributed by atoms with van der Waals surface area (Å²) in [4.78, 5) is 18.1. The van der Waals surface area contributed by atoms with Gasteiger partial charge in [0.2, 0.25) is 0 Å². The number of hydrogen-bond donors (Lipinski definition) is 0. The summed E-state index contributed by atoms with van der Waals surface area (Å²) in [5.74, 6) is -0.428. The summed E-state index contributed by atoms with van der Waals surface area (Å²) in [5.41, 5.74) is 1.37. The minimum atomic E-state index is -0.428. The summed E-state index contributed by atoms with van der Waals surface area (Å²) in [5, 5.41) is 2.06. The van der Waals surface area contributed by atoms with Gasteiger partial charge in [-0.15, -0.1) is 0 Å². The molecule has 0 bridgehead atoms. The molecule has 0 aromatic carbocycles. The zero-order valence-electron chi connectivity index (χ0n) is 10.7. The number of rotatable bonds is 2. The second-order valence-electron chi connectivity index (χ2n) is 4.14. The smallest absolute Gasteiger partial charge is 0.341 e. The van der Waals surface area contributed by atoms with Crippen molar-refractivity contribution in [2.45, 2.75) is 13.8 Å². The van der Waals surface area contributed by atoms with Gasteiger partial charge in [0.15, 0.2) is 0 Å². The van der Waals surface area contributed by atoms with Gasteiger partial charge in [-0.05, 0) is 13.8 Å². The molecule has 0 saturated carbocycles. The lowest BCUT2D eigenvalue weighted by Gasteiger charge is -2.21. The largest absolute Gasteiger partial charge is 0.462 e. The van der Waals surface area contributed by atoms with Crippen molar-refractivity contribution in [2.24, 2.45) is 0 Å². The van der Waals surface area contributed by atoms with Crippen LogP contribution in [-0.2, 0) is 4.74 Å². The van der Waals surface area contributed by atoms with E-state index in [4.69, 9.17) is 16.3 Å². The fourth-order valence-electron chi connectivity index (χ4n) is 1.88. The Morgan fingerprint density at radius 1 is 1.61 bits per heavy atom.